The third-order valence-electron chi connectivity index (χ3n) is 3.24. The van der Waals surface area contributed by atoms with E-state index in [0.29, 0.717) is 11.3 Å². The molecule has 0 spiro atoms. The van der Waals surface area contributed by atoms with Gasteiger partial charge in [-0.1, -0.05) is 6.07 Å². The number of carbonyl (C=O) groups is 1. The fraction of sp³-hybridized carbons (Fsp3) is 0.0588. The molecule has 6 heteroatoms. The number of ether oxygens (including phenoxy) is 1. The van der Waals surface area contributed by atoms with Crippen LogP contribution in [0.1, 0.15) is 10.4 Å². The van der Waals surface area contributed by atoms with Crippen LogP contribution in [0.2, 0.25) is 0 Å². The predicted molar refractivity (Wildman–Crippen MR) is 82.8 cm³/mol. The molecule has 2 aromatic carbocycles. The number of aromatic nitrogens is 1. The van der Waals surface area contributed by atoms with E-state index >= 15 is 0 Å². The zero-order valence-corrected chi connectivity index (χ0v) is 11.9. The number of alkyl halides is 2. The van der Waals surface area contributed by atoms with Gasteiger partial charge in [0.1, 0.15) is 5.75 Å². The number of nitrogens with one attached hydrogen (secondary N) is 1. The van der Waals surface area contributed by atoms with Crippen molar-refractivity contribution >= 4 is 22.5 Å². The van der Waals surface area contributed by atoms with Gasteiger partial charge in [0.15, 0.2) is 0 Å². The van der Waals surface area contributed by atoms with Gasteiger partial charge in [0.2, 0.25) is 0 Å². The van der Waals surface area contributed by atoms with Crippen LogP contribution < -0.4 is 10.1 Å². The molecule has 1 amide bonds. The number of halogens is 2. The normalized spacial score (nSPS) is 10.7. The minimum absolute atomic E-state index is 0.00547. The largest absolute Gasteiger partial charge is 0.435 e. The van der Waals surface area contributed by atoms with Gasteiger partial charge < -0.3 is 10.1 Å². The molecule has 3 rings (SSSR count). The lowest BCUT2D eigenvalue weighted by molar-refractivity contribution is -0.0498. The Morgan fingerprint density at radius 3 is 2.57 bits per heavy atom. The summed E-state index contributed by atoms with van der Waals surface area (Å²) in [5, 5.41) is 3.61. The Hall–Kier alpha value is -3.02. The molecular weight excluding hydrogens is 302 g/mol. The van der Waals surface area contributed by atoms with Crippen LogP contribution in [0.3, 0.4) is 0 Å². The van der Waals surface area contributed by atoms with Crippen molar-refractivity contribution < 1.29 is 18.3 Å². The van der Waals surface area contributed by atoms with Gasteiger partial charge >= 0.3 is 6.61 Å². The van der Waals surface area contributed by atoms with Crippen LogP contribution in [-0.2, 0) is 0 Å². The minimum atomic E-state index is -2.89. The van der Waals surface area contributed by atoms with Crippen molar-refractivity contribution in [3.05, 3.63) is 66.4 Å². The van der Waals surface area contributed by atoms with Gasteiger partial charge in [-0.15, -0.1) is 0 Å². The SMILES string of the molecule is O=C(Nc1cccc2ncccc12)c1ccc(OC(F)F)cc1. The van der Waals surface area contributed by atoms with Crippen LogP contribution >= 0.6 is 0 Å². The summed E-state index contributed by atoms with van der Waals surface area (Å²) < 4.78 is 28.5. The fourth-order valence-corrected chi connectivity index (χ4v) is 2.19. The Morgan fingerprint density at radius 2 is 1.83 bits per heavy atom. The van der Waals surface area contributed by atoms with Crippen LogP contribution in [0.5, 0.6) is 5.75 Å². The summed E-state index contributed by atoms with van der Waals surface area (Å²) in [4.78, 5) is 16.5. The monoisotopic (exact) mass is 314 g/mol. The Labute approximate surface area is 130 Å². The second-order valence-corrected chi connectivity index (χ2v) is 4.73. The van der Waals surface area contributed by atoms with Crippen LogP contribution in [0.25, 0.3) is 10.9 Å². The van der Waals surface area contributed by atoms with Crippen molar-refractivity contribution in [1.29, 1.82) is 0 Å². The quantitative estimate of drug-likeness (QED) is 0.789. The average molecular weight is 314 g/mol. The number of nitrogens with zero attached hydrogens (tertiary/aromatic N) is 1. The average Bonchev–Trinajstić information content (AvgIpc) is 2.55. The molecule has 0 radical (unpaired) electrons. The summed E-state index contributed by atoms with van der Waals surface area (Å²) in [5.74, 6) is -0.337. The Bertz CT molecular complexity index is 830. The van der Waals surface area contributed by atoms with Crippen molar-refractivity contribution in [2.45, 2.75) is 6.61 Å². The van der Waals surface area contributed by atoms with Crippen molar-refractivity contribution in [2.75, 3.05) is 5.32 Å². The molecule has 4 nitrogen and oxygen atoms in total. The second-order valence-electron chi connectivity index (χ2n) is 4.73. The predicted octanol–water partition coefficient (Wildman–Crippen LogP) is 4.09. The number of carbonyl (C=O) groups excluding carboxylic acids is 1. The standard InChI is InChI=1S/C17H12F2N2O2/c18-17(19)23-12-8-6-11(7-9-12)16(22)21-15-5-1-4-14-13(15)3-2-10-20-14/h1-10,17H,(H,21,22). The zero-order chi connectivity index (χ0) is 16.2. The van der Waals surface area contributed by atoms with Crippen molar-refractivity contribution in [3.8, 4) is 5.75 Å². The van der Waals surface area contributed by atoms with Gasteiger partial charge in [-0.3, -0.25) is 9.78 Å². The number of pyridine rings is 1. The van der Waals surface area contributed by atoms with Crippen molar-refractivity contribution in [2.24, 2.45) is 0 Å². The number of hydrogen-bond donors (Lipinski definition) is 1. The molecule has 1 aromatic heterocycles. The third-order valence-corrected chi connectivity index (χ3v) is 3.24. The lowest BCUT2D eigenvalue weighted by Gasteiger charge is -2.09. The first-order valence-corrected chi connectivity index (χ1v) is 6.83. The summed E-state index contributed by atoms with van der Waals surface area (Å²) in [5.41, 5.74) is 1.74. The molecule has 0 bridgehead atoms. The molecule has 0 saturated carbocycles. The van der Waals surface area contributed by atoms with E-state index in [1.807, 2.05) is 12.1 Å². The van der Waals surface area contributed by atoms with Crippen LogP contribution in [-0.4, -0.2) is 17.5 Å². The Balaban J connectivity index is 1.81. The third kappa shape index (κ3) is 3.42. The fourth-order valence-electron chi connectivity index (χ4n) is 2.19. The summed E-state index contributed by atoms with van der Waals surface area (Å²) in [7, 11) is 0. The molecule has 0 atom stereocenters. The van der Waals surface area contributed by atoms with E-state index < -0.39 is 6.61 Å². The highest BCUT2D eigenvalue weighted by Crippen LogP contribution is 2.22. The van der Waals surface area contributed by atoms with Crippen LogP contribution in [0.4, 0.5) is 14.5 Å². The molecule has 23 heavy (non-hydrogen) atoms. The highest BCUT2D eigenvalue weighted by molar-refractivity contribution is 6.08. The molecule has 0 unspecified atom stereocenters. The van der Waals surface area contributed by atoms with Gasteiger partial charge in [0, 0.05) is 17.1 Å². The molecule has 1 N–H and O–H groups in total. The summed E-state index contributed by atoms with van der Waals surface area (Å²) in [6, 6.07) is 14.6. The lowest BCUT2D eigenvalue weighted by atomic mass is 10.1. The summed E-state index contributed by atoms with van der Waals surface area (Å²) in [6.45, 7) is -2.89. The lowest BCUT2D eigenvalue weighted by Crippen LogP contribution is -2.12. The van der Waals surface area contributed by atoms with Crippen molar-refractivity contribution in [1.82, 2.24) is 4.98 Å². The summed E-state index contributed by atoms with van der Waals surface area (Å²) in [6.07, 6.45) is 1.68. The molecule has 116 valence electrons. The maximum absolute atomic E-state index is 12.3. The molecule has 0 saturated heterocycles. The molecular formula is C17H12F2N2O2. The first-order chi connectivity index (χ1) is 11.1. The van der Waals surface area contributed by atoms with Gasteiger partial charge in [-0.2, -0.15) is 8.78 Å². The number of amides is 1. The van der Waals surface area contributed by atoms with E-state index in [4.69, 9.17) is 0 Å². The maximum Gasteiger partial charge on any atom is 0.387 e. The van der Waals surface area contributed by atoms with E-state index in [0.717, 1.165) is 10.9 Å². The smallest absolute Gasteiger partial charge is 0.387 e. The van der Waals surface area contributed by atoms with Gasteiger partial charge in [0.25, 0.3) is 5.91 Å². The highest BCUT2D eigenvalue weighted by Gasteiger charge is 2.10. The van der Waals surface area contributed by atoms with E-state index in [-0.39, 0.29) is 11.7 Å². The van der Waals surface area contributed by atoms with Crippen LogP contribution in [0.15, 0.2) is 60.8 Å². The van der Waals surface area contributed by atoms with Gasteiger partial charge in [-0.25, -0.2) is 0 Å². The molecule has 0 aliphatic rings. The van der Waals surface area contributed by atoms with E-state index in [1.165, 1.54) is 24.3 Å². The maximum atomic E-state index is 12.3. The molecule has 0 aliphatic heterocycles. The topological polar surface area (TPSA) is 51.2 Å². The molecule has 0 fully saturated rings. The van der Waals surface area contributed by atoms with E-state index in [9.17, 15) is 13.6 Å². The molecule has 3 aromatic rings. The van der Waals surface area contributed by atoms with Crippen molar-refractivity contribution in [3.63, 3.8) is 0 Å². The first kappa shape index (κ1) is 14.9. The highest BCUT2D eigenvalue weighted by atomic mass is 19.3. The molecule has 1 heterocycles. The zero-order valence-electron chi connectivity index (χ0n) is 11.9. The number of fused-ring (bicyclic) bond motifs is 1. The Kier molecular flexibility index (Phi) is 4.14. The van der Waals surface area contributed by atoms with Crippen LogP contribution in [0, 0.1) is 0 Å². The van der Waals surface area contributed by atoms with E-state index in [1.54, 1.807) is 24.4 Å². The Morgan fingerprint density at radius 1 is 1.04 bits per heavy atom. The number of hydrogen-bond acceptors (Lipinski definition) is 3. The second kappa shape index (κ2) is 6.39. The first-order valence-electron chi connectivity index (χ1n) is 6.83. The minimum Gasteiger partial charge on any atom is -0.435 e. The molecule has 0 aliphatic carbocycles. The number of rotatable bonds is 4. The van der Waals surface area contributed by atoms with Gasteiger partial charge in [-0.05, 0) is 48.5 Å². The van der Waals surface area contributed by atoms with Gasteiger partial charge in [0.05, 0.1) is 11.2 Å². The summed E-state index contributed by atoms with van der Waals surface area (Å²) >= 11 is 0. The number of anilines is 1. The number of benzene rings is 2. The van der Waals surface area contributed by atoms with E-state index in [2.05, 4.69) is 15.0 Å².